The van der Waals surface area contributed by atoms with Gasteiger partial charge in [-0.25, -0.2) is 4.39 Å². The lowest BCUT2D eigenvalue weighted by molar-refractivity contribution is -0.120. The number of hydrogen-bond acceptors (Lipinski definition) is 2. The van der Waals surface area contributed by atoms with E-state index in [2.05, 4.69) is 26.6 Å². The van der Waals surface area contributed by atoms with E-state index >= 15 is 0 Å². The van der Waals surface area contributed by atoms with Gasteiger partial charge in [-0.3, -0.25) is 4.79 Å². The predicted molar refractivity (Wildman–Crippen MR) is 68.4 cm³/mol. The number of anilines is 1. The lowest BCUT2D eigenvalue weighted by atomic mass is 10.1. The van der Waals surface area contributed by atoms with Crippen molar-refractivity contribution in [2.45, 2.75) is 25.3 Å². The first-order valence-corrected chi connectivity index (χ1v) is 6.43. The average molecular weight is 301 g/mol. The van der Waals surface area contributed by atoms with Gasteiger partial charge in [0.25, 0.3) is 0 Å². The molecule has 1 fully saturated rings. The van der Waals surface area contributed by atoms with E-state index in [1.165, 1.54) is 6.07 Å². The van der Waals surface area contributed by atoms with Crippen LogP contribution >= 0.6 is 15.9 Å². The molecule has 1 atom stereocenters. The second-order valence-electron chi connectivity index (χ2n) is 4.13. The topological polar surface area (TPSA) is 41.1 Å². The van der Waals surface area contributed by atoms with Gasteiger partial charge in [0.2, 0.25) is 5.91 Å². The van der Waals surface area contributed by atoms with Crippen molar-refractivity contribution in [3.63, 3.8) is 0 Å². The lowest BCUT2D eigenvalue weighted by Gasteiger charge is -2.18. The van der Waals surface area contributed by atoms with Gasteiger partial charge in [0.05, 0.1) is 5.69 Å². The molecule has 17 heavy (non-hydrogen) atoms. The van der Waals surface area contributed by atoms with Gasteiger partial charge in [-0.2, -0.15) is 0 Å². The molecule has 3 nitrogen and oxygen atoms in total. The molecule has 2 N–H and O–H groups in total. The summed E-state index contributed by atoms with van der Waals surface area (Å²) in [6.45, 7) is 0.704. The first-order chi connectivity index (χ1) is 8.16. The zero-order chi connectivity index (χ0) is 12.3. The van der Waals surface area contributed by atoms with Gasteiger partial charge in [0.1, 0.15) is 5.82 Å². The normalized spacial score (nSPS) is 20.6. The van der Waals surface area contributed by atoms with Crippen LogP contribution in [-0.4, -0.2) is 18.5 Å². The maximum absolute atomic E-state index is 13.6. The quantitative estimate of drug-likeness (QED) is 0.882. The molecule has 0 aromatic heterocycles. The van der Waals surface area contributed by atoms with Crippen LogP contribution in [0.1, 0.15) is 19.3 Å². The number of carbonyl (C=O) groups excluding carboxylic acids is 1. The van der Waals surface area contributed by atoms with Crippen LogP contribution in [0.25, 0.3) is 0 Å². The molecule has 0 saturated carbocycles. The fourth-order valence-corrected chi connectivity index (χ4v) is 2.39. The molecule has 5 heteroatoms. The van der Waals surface area contributed by atoms with Crippen LogP contribution in [-0.2, 0) is 4.79 Å². The molecule has 92 valence electrons. The van der Waals surface area contributed by atoms with E-state index in [0.29, 0.717) is 23.1 Å². The minimum absolute atomic E-state index is 0.00861. The SMILES string of the molecule is O=C1CC(Nc2c(F)cccc2Br)CCCN1. The highest BCUT2D eigenvalue weighted by molar-refractivity contribution is 9.10. The number of amides is 1. The van der Waals surface area contributed by atoms with Crippen molar-refractivity contribution in [3.05, 3.63) is 28.5 Å². The summed E-state index contributed by atoms with van der Waals surface area (Å²) in [4.78, 5) is 11.4. The summed E-state index contributed by atoms with van der Waals surface area (Å²) in [5.74, 6) is -0.281. The standard InChI is InChI=1S/C12H14BrFN2O/c13-9-4-1-5-10(14)12(9)16-8-3-2-6-15-11(17)7-8/h1,4-5,8,16H,2-3,6-7H2,(H,15,17). The molecule has 1 aliphatic heterocycles. The van der Waals surface area contributed by atoms with E-state index < -0.39 is 0 Å². The van der Waals surface area contributed by atoms with Gasteiger partial charge >= 0.3 is 0 Å². The fourth-order valence-electron chi connectivity index (χ4n) is 1.94. The van der Waals surface area contributed by atoms with Crippen LogP contribution in [0.5, 0.6) is 0 Å². The van der Waals surface area contributed by atoms with Gasteiger partial charge in [-0.1, -0.05) is 6.07 Å². The maximum Gasteiger partial charge on any atom is 0.222 e. The van der Waals surface area contributed by atoms with Crippen molar-refractivity contribution in [2.75, 3.05) is 11.9 Å². The first kappa shape index (κ1) is 12.4. The molecular weight excluding hydrogens is 287 g/mol. The number of halogens is 2. The summed E-state index contributed by atoms with van der Waals surface area (Å²) >= 11 is 3.31. The van der Waals surface area contributed by atoms with Crippen molar-refractivity contribution in [2.24, 2.45) is 0 Å². The highest BCUT2D eigenvalue weighted by Crippen LogP contribution is 2.27. The Morgan fingerprint density at radius 1 is 1.47 bits per heavy atom. The summed E-state index contributed by atoms with van der Waals surface area (Å²) in [6, 6.07) is 4.82. The van der Waals surface area contributed by atoms with Crippen LogP contribution in [0.4, 0.5) is 10.1 Å². The van der Waals surface area contributed by atoms with Crippen molar-refractivity contribution in [3.8, 4) is 0 Å². The zero-order valence-electron chi connectivity index (χ0n) is 9.30. The number of hydrogen-bond donors (Lipinski definition) is 2. The average Bonchev–Trinajstić information content (AvgIpc) is 2.48. The van der Waals surface area contributed by atoms with Crippen LogP contribution < -0.4 is 10.6 Å². The molecule has 1 aliphatic rings. The Balaban J connectivity index is 2.11. The Hall–Kier alpha value is -1.10. The first-order valence-electron chi connectivity index (χ1n) is 5.64. The fraction of sp³-hybridized carbons (Fsp3) is 0.417. The monoisotopic (exact) mass is 300 g/mol. The number of nitrogens with one attached hydrogen (secondary N) is 2. The van der Waals surface area contributed by atoms with Gasteiger partial charge in [-0.05, 0) is 40.9 Å². The molecule has 1 heterocycles. The van der Waals surface area contributed by atoms with Gasteiger partial charge in [0, 0.05) is 23.5 Å². The minimum Gasteiger partial charge on any atom is -0.379 e. The van der Waals surface area contributed by atoms with E-state index in [4.69, 9.17) is 0 Å². The molecular formula is C12H14BrFN2O. The Bertz CT molecular complexity index is 405. The molecule has 0 spiro atoms. The summed E-state index contributed by atoms with van der Waals surface area (Å²) < 4.78 is 14.3. The molecule has 1 aromatic rings. The highest BCUT2D eigenvalue weighted by Gasteiger charge is 2.19. The number of carbonyl (C=O) groups is 1. The predicted octanol–water partition coefficient (Wildman–Crippen LogP) is 2.67. The summed E-state index contributed by atoms with van der Waals surface area (Å²) in [5.41, 5.74) is 0.437. The van der Waals surface area contributed by atoms with E-state index in [1.54, 1.807) is 12.1 Å². The van der Waals surface area contributed by atoms with Crippen LogP contribution in [0.3, 0.4) is 0 Å². The van der Waals surface area contributed by atoms with E-state index in [0.717, 1.165) is 12.8 Å². The number of rotatable bonds is 2. The second-order valence-corrected chi connectivity index (χ2v) is 4.99. The summed E-state index contributed by atoms with van der Waals surface area (Å²) in [6.07, 6.45) is 2.16. The molecule has 1 unspecified atom stereocenters. The van der Waals surface area contributed by atoms with Gasteiger partial charge in [-0.15, -0.1) is 0 Å². The molecule has 1 amide bonds. The highest BCUT2D eigenvalue weighted by atomic mass is 79.9. The third-order valence-corrected chi connectivity index (χ3v) is 3.46. The Kier molecular flexibility index (Phi) is 3.99. The van der Waals surface area contributed by atoms with Crippen molar-refractivity contribution in [1.82, 2.24) is 5.32 Å². The number of para-hydroxylation sites is 1. The molecule has 2 rings (SSSR count). The van der Waals surface area contributed by atoms with Crippen molar-refractivity contribution >= 4 is 27.5 Å². The molecule has 0 bridgehead atoms. The second kappa shape index (κ2) is 5.49. The van der Waals surface area contributed by atoms with Crippen LogP contribution in [0.15, 0.2) is 22.7 Å². The third kappa shape index (κ3) is 3.19. The molecule has 1 saturated heterocycles. The maximum atomic E-state index is 13.6. The minimum atomic E-state index is -0.302. The largest absolute Gasteiger partial charge is 0.379 e. The smallest absolute Gasteiger partial charge is 0.222 e. The Morgan fingerprint density at radius 2 is 2.29 bits per heavy atom. The number of benzene rings is 1. The Labute approximate surface area is 108 Å². The zero-order valence-corrected chi connectivity index (χ0v) is 10.9. The van der Waals surface area contributed by atoms with E-state index in [-0.39, 0.29) is 17.8 Å². The molecule has 1 aromatic carbocycles. The van der Waals surface area contributed by atoms with Crippen molar-refractivity contribution < 1.29 is 9.18 Å². The third-order valence-electron chi connectivity index (χ3n) is 2.79. The van der Waals surface area contributed by atoms with Crippen LogP contribution in [0, 0.1) is 5.82 Å². The Morgan fingerprint density at radius 3 is 3.06 bits per heavy atom. The molecule has 0 radical (unpaired) electrons. The van der Waals surface area contributed by atoms with Crippen molar-refractivity contribution in [1.29, 1.82) is 0 Å². The lowest BCUT2D eigenvalue weighted by Crippen LogP contribution is -2.27. The van der Waals surface area contributed by atoms with Gasteiger partial charge < -0.3 is 10.6 Å². The van der Waals surface area contributed by atoms with E-state index in [1.807, 2.05) is 0 Å². The van der Waals surface area contributed by atoms with Crippen LogP contribution in [0.2, 0.25) is 0 Å². The van der Waals surface area contributed by atoms with Gasteiger partial charge in [0.15, 0.2) is 0 Å². The molecule has 0 aliphatic carbocycles. The summed E-state index contributed by atoms with van der Waals surface area (Å²) in [7, 11) is 0. The van der Waals surface area contributed by atoms with E-state index in [9.17, 15) is 9.18 Å². The summed E-state index contributed by atoms with van der Waals surface area (Å²) in [5, 5.41) is 5.91.